The van der Waals surface area contributed by atoms with E-state index in [4.69, 9.17) is 5.73 Å². The van der Waals surface area contributed by atoms with Crippen LogP contribution in [0.3, 0.4) is 0 Å². The third-order valence-electron chi connectivity index (χ3n) is 3.38. The monoisotopic (exact) mass is 228 g/mol. The third kappa shape index (κ3) is 3.78. The molecule has 0 aliphatic rings. The molecule has 0 aromatic rings. The SMILES string of the molecule is CC(N(C)C(=O)[C@@H](N)C(C)(C)C)C(C)(C)C. The molecule has 0 saturated heterocycles. The van der Waals surface area contributed by atoms with Gasteiger partial charge in [0, 0.05) is 13.1 Å². The average Bonchev–Trinajstić information content (AvgIpc) is 2.10. The van der Waals surface area contributed by atoms with Crippen LogP contribution in [-0.4, -0.2) is 29.9 Å². The van der Waals surface area contributed by atoms with Crippen molar-refractivity contribution in [3.8, 4) is 0 Å². The molecule has 0 fully saturated rings. The van der Waals surface area contributed by atoms with Crippen LogP contribution in [0.4, 0.5) is 0 Å². The molecule has 0 bridgehead atoms. The molecule has 0 aromatic carbocycles. The van der Waals surface area contributed by atoms with Crippen molar-refractivity contribution in [2.24, 2.45) is 16.6 Å². The van der Waals surface area contributed by atoms with Gasteiger partial charge < -0.3 is 10.6 Å². The first-order chi connectivity index (χ1) is 6.89. The lowest BCUT2D eigenvalue weighted by atomic mass is 9.84. The molecule has 0 aromatic heterocycles. The number of carbonyl (C=O) groups excluding carboxylic acids is 1. The highest BCUT2D eigenvalue weighted by Gasteiger charge is 2.34. The molecule has 3 nitrogen and oxygen atoms in total. The van der Waals surface area contributed by atoms with Crippen LogP contribution in [0.5, 0.6) is 0 Å². The summed E-state index contributed by atoms with van der Waals surface area (Å²) in [6.07, 6.45) is 0. The van der Waals surface area contributed by atoms with Gasteiger partial charge >= 0.3 is 0 Å². The number of hydrogen-bond acceptors (Lipinski definition) is 2. The van der Waals surface area contributed by atoms with Gasteiger partial charge in [-0.1, -0.05) is 41.5 Å². The summed E-state index contributed by atoms with van der Waals surface area (Å²) in [5, 5.41) is 0. The zero-order valence-corrected chi connectivity index (χ0v) is 12.1. The van der Waals surface area contributed by atoms with Crippen LogP contribution in [0.2, 0.25) is 0 Å². The van der Waals surface area contributed by atoms with E-state index in [0.29, 0.717) is 0 Å². The van der Waals surface area contributed by atoms with Crippen molar-refractivity contribution in [2.45, 2.75) is 60.5 Å². The first-order valence-electron chi connectivity index (χ1n) is 5.91. The smallest absolute Gasteiger partial charge is 0.240 e. The molecule has 0 aliphatic heterocycles. The van der Waals surface area contributed by atoms with Crippen molar-refractivity contribution in [3.05, 3.63) is 0 Å². The Hall–Kier alpha value is -0.570. The van der Waals surface area contributed by atoms with Crippen LogP contribution in [0.1, 0.15) is 48.5 Å². The van der Waals surface area contributed by atoms with E-state index in [1.807, 2.05) is 27.8 Å². The second-order valence-corrected chi connectivity index (χ2v) is 6.83. The van der Waals surface area contributed by atoms with Crippen LogP contribution in [-0.2, 0) is 4.79 Å². The maximum Gasteiger partial charge on any atom is 0.240 e. The number of likely N-dealkylation sites (N-methyl/N-ethyl adjacent to an activating group) is 1. The topological polar surface area (TPSA) is 46.3 Å². The highest BCUT2D eigenvalue weighted by Crippen LogP contribution is 2.25. The number of nitrogens with zero attached hydrogens (tertiary/aromatic N) is 1. The summed E-state index contributed by atoms with van der Waals surface area (Å²) in [6, 6.07) is -0.268. The fourth-order valence-corrected chi connectivity index (χ4v) is 1.36. The lowest BCUT2D eigenvalue weighted by Crippen LogP contribution is -2.53. The maximum atomic E-state index is 12.2. The van der Waals surface area contributed by atoms with E-state index in [1.54, 1.807) is 4.90 Å². The summed E-state index contributed by atoms with van der Waals surface area (Å²) in [5.74, 6) is 0.0231. The minimum atomic E-state index is -0.442. The summed E-state index contributed by atoms with van der Waals surface area (Å²) in [6.45, 7) is 14.4. The van der Waals surface area contributed by atoms with Crippen molar-refractivity contribution in [2.75, 3.05) is 7.05 Å². The van der Waals surface area contributed by atoms with Gasteiger partial charge in [-0.2, -0.15) is 0 Å². The zero-order chi connectivity index (χ0) is 13.3. The van der Waals surface area contributed by atoms with Crippen molar-refractivity contribution >= 4 is 5.91 Å². The Morgan fingerprint density at radius 2 is 1.44 bits per heavy atom. The van der Waals surface area contributed by atoms with Gasteiger partial charge in [0.1, 0.15) is 0 Å². The molecule has 3 heteroatoms. The number of hydrogen-bond donors (Lipinski definition) is 1. The van der Waals surface area contributed by atoms with Crippen LogP contribution < -0.4 is 5.73 Å². The van der Waals surface area contributed by atoms with Crippen molar-refractivity contribution in [1.29, 1.82) is 0 Å². The molecular weight excluding hydrogens is 200 g/mol. The molecule has 1 amide bonds. The fourth-order valence-electron chi connectivity index (χ4n) is 1.36. The molecule has 2 atom stereocenters. The van der Waals surface area contributed by atoms with E-state index in [9.17, 15) is 4.79 Å². The van der Waals surface area contributed by atoms with E-state index in [-0.39, 0.29) is 22.8 Å². The Kier molecular flexibility index (Phi) is 4.57. The quantitative estimate of drug-likeness (QED) is 0.788. The first-order valence-corrected chi connectivity index (χ1v) is 5.91. The Labute approximate surface area is 100 Å². The van der Waals surface area contributed by atoms with Gasteiger partial charge in [0.2, 0.25) is 5.91 Å². The van der Waals surface area contributed by atoms with Gasteiger partial charge in [0.25, 0.3) is 0 Å². The van der Waals surface area contributed by atoms with E-state index in [2.05, 4.69) is 27.7 Å². The normalized spacial score (nSPS) is 16.8. The molecule has 0 radical (unpaired) electrons. The van der Waals surface area contributed by atoms with E-state index >= 15 is 0 Å². The summed E-state index contributed by atoms with van der Waals surface area (Å²) >= 11 is 0. The second-order valence-electron chi connectivity index (χ2n) is 6.83. The number of carbonyl (C=O) groups is 1. The standard InChI is InChI=1S/C13H28N2O/c1-9(12(2,3)4)15(8)11(16)10(14)13(5,6)7/h9-10H,14H2,1-8H3/t9?,10-/m1/s1. The van der Waals surface area contributed by atoms with Crippen molar-refractivity contribution in [1.82, 2.24) is 4.90 Å². The van der Waals surface area contributed by atoms with Crippen LogP contribution in [0.25, 0.3) is 0 Å². The Morgan fingerprint density at radius 1 is 1.06 bits per heavy atom. The molecule has 0 saturated carbocycles. The second kappa shape index (κ2) is 4.74. The van der Waals surface area contributed by atoms with Crippen LogP contribution in [0.15, 0.2) is 0 Å². The third-order valence-corrected chi connectivity index (χ3v) is 3.38. The highest BCUT2D eigenvalue weighted by molar-refractivity contribution is 5.82. The maximum absolute atomic E-state index is 12.2. The lowest BCUT2D eigenvalue weighted by molar-refractivity contribution is -0.137. The predicted octanol–water partition coefficient (Wildman–Crippen LogP) is 2.25. The average molecular weight is 228 g/mol. The molecule has 96 valence electrons. The van der Waals surface area contributed by atoms with Crippen LogP contribution >= 0.6 is 0 Å². The molecule has 0 spiro atoms. The number of nitrogens with two attached hydrogens (primary N) is 1. The molecule has 1 unspecified atom stereocenters. The van der Waals surface area contributed by atoms with Crippen LogP contribution in [0, 0.1) is 10.8 Å². The predicted molar refractivity (Wildman–Crippen MR) is 69.1 cm³/mol. The molecule has 0 aliphatic carbocycles. The summed E-state index contributed by atoms with van der Waals surface area (Å²) < 4.78 is 0. The minimum Gasteiger partial charge on any atom is -0.341 e. The molecule has 2 N–H and O–H groups in total. The Balaban J connectivity index is 4.76. The molecule has 16 heavy (non-hydrogen) atoms. The summed E-state index contributed by atoms with van der Waals surface area (Å²) in [5.41, 5.74) is 5.86. The fraction of sp³-hybridized carbons (Fsp3) is 0.923. The minimum absolute atomic E-state index is 0.0231. The van der Waals surface area contributed by atoms with Gasteiger partial charge in [-0.3, -0.25) is 4.79 Å². The Bertz CT molecular complexity index is 248. The largest absolute Gasteiger partial charge is 0.341 e. The summed E-state index contributed by atoms with van der Waals surface area (Å²) in [7, 11) is 1.84. The number of amides is 1. The lowest BCUT2D eigenvalue weighted by Gasteiger charge is -2.38. The molecule has 0 heterocycles. The van der Waals surface area contributed by atoms with Crippen molar-refractivity contribution < 1.29 is 4.79 Å². The highest BCUT2D eigenvalue weighted by atomic mass is 16.2. The summed E-state index contributed by atoms with van der Waals surface area (Å²) in [4.78, 5) is 14.0. The zero-order valence-electron chi connectivity index (χ0n) is 12.1. The van der Waals surface area contributed by atoms with E-state index < -0.39 is 6.04 Å². The van der Waals surface area contributed by atoms with Gasteiger partial charge in [-0.05, 0) is 17.8 Å². The van der Waals surface area contributed by atoms with Gasteiger partial charge in [-0.25, -0.2) is 0 Å². The van der Waals surface area contributed by atoms with Gasteiger partial charge in [0.05, 0.1) is 6.04 Å². The molecular formula is C13H28N2O. The number of rotatable bonds is 2. The van der Waals surface area contributed by atoms with E-state index in [1.165, 1.54) is 0 Å². The van der Waals surface area contributed by atoms with Crippen molar-refractivity contribution in [3.63, 3.8) is 0 Å². The van der Waals surface area contributed by atoms with E-state index in [0.717, 1.165) is 0 Å². The molecule has 0 rings (SSSR count). The van der Waals surface area contributed by atoms with Gasteiger partial charge in [0.15, 0.2) is 0 Å². The van der Waals surface area contributed by atoms with Gasteiger partial charge in [-0.15, -0.1) is 0 Å². The Morgan fingerprint density at radius 3 is 1.69 bits per heavy atom. The first kappa shape index (κ1) is 15.4.